The number of anilines is 1. The molecule has 0 aliphatic rings. The van der Waals surface area contributed by atoms with Crippen molar-refractivity contribution >= 4 is 28.9 Å². The van der Waals surface area contributed by atoms with Gasteiger partial charge in [-0.25, -0.2) is 0 Å². The molecule has 0 aliphatic carbocycles. The van der Waals surface area contributed by atoms with E-state index in [0.29, 0.717) is 0 Å². The van der Waals surface area contributed by atoms with Crippen molar-refractivity contribution in [1.29, 1.82) is 0 Å². The number of rotatable bonds is 7. The Morgan fingerprint density at radius 2 is 2.05 bits per heavy atom. The van der Waals surface area contributed by atoms with E-state index < -0.39 is 27.2 Å². The van der Waals surface area contributed by atoms with Crippen LogP contribution in [0.2, 0.25) is 0 Å². The molecule has 0 spiro atoms. The van der Waals surface area contributed by atoms with E-state index in [0.717, 1.165) is 18.2 Å². The number of non-ortho nitro benzene ring substituents is 1. The molecule has 0 heterocycles. The number of hydrogen-bond donors (Lipinski definition) is 2. The van der Waals surface area contributed by atoms with Gasteiger partial charge in [-0.1, -0.05) is 0 Å². The van der Waals surface area contributed by atoms with Gasteiger partial charge < -0.3 is 10.5 Å². The number of esters is 1. The van der Waals surface area contributed by atoms with Gasteiger partial charge in [-0.2, -0.15) is 5.10 Å². The summed E-state index contributed by atoms with van der Waals surface area (Å²) in [6, 6.07) is 2.99. The first-order valence-electron chi connectivity index (χ1n) is 6.01. The highest BCUT2D eigenvalue weighted by Gasteiger charge is 2.19. The molecule has 0 saturated heterocycles. The first kappa shape index (κ1) is 16.8. The average Bonchev–Trinajstić information content (AvgIpc) is 2.44. The van der Waals surface area contributed by atoms with E-state index in [1.165, 1.54) is 0 Å². The lowest BCUT2D eigenvalue weighted by Crippen LogP contribution is -2.20. The predicted molar refractivity (Wildman–Crippen MR) is 76.2 cm³/mol. The lowest BCUT2D eigenvalue weighted by Gasteiger charge is -2.04. The van der Waals surface area contributed by atoms with E-state index in [2.05, 4.69) is 15.3 Å². The number of nitro benzene ring substituents is 2. The van der Waals surface area contributed by atoms with Crippen LogP contribution >= 0.6 is 0 Å². The maximum Gasteiger partial charge on any atom is 0.313 e. The van der Waals surface area contributed by atoms with Crippen molar-refractivity contribution < 1.29 is 19.4 Å². The van der Waals surface area contributed by atoms with E-state index in [9.17, 15) is 25.0 Å². The number of carbonyl (C=O) groups is 1. The van der Waals surface area contributed by atoms with Gasteiger partial charge in [-0.15, -0.1) is 0 Å². The van der Waals surface area contributed by atoms with Gasteiger partial charge in [0.15, 0.2) is 0 Å². The largest absolute Gasteiger partial charge is 0.466 e. The zero-order valence-electron chi connectivity index (χ0n) is 11.5. The first-order chi connectivity index (χ1) is 10.3. The Morgan fingerprint density at radius 3 is 2.59 bits per heavy atom. The number of nitro groups is 2. The summed E-state index contributed by atoms with van der Waals surface area (Å²) in [5.74, 6) is -0.741. The molecule has 118 valence electrons. The first-order valence-corrected chi connectivity index (χ1v) is 6.01. The van der Waals surface area contributed by atoms with Crippen molar-refractivity contribution in [3.63, 3.8) is 0 Å². The highest BCUT2D eigenvalue weighted by molar-refractivity contribution is 5.97. The Kier molecular flexibility index (Phi) is 5.75. The summed E-state index contributed by atoms with van der Waals surface area (Å²) in [6.45, 7) is 1.82. The zero-order chi connectivity index (χ0) is 16.7. The normalized spacial score (nSPS) is 10.9. The maximum atomic E-state index is 11.2. The molecule has 11 nitrogen and oxygen atoms in total. The maximum absolute atomic E-state index is 11.2. The van der Waals surface area contributed by atoms with Crippen LogP contribution in [0.15, 0.2) is 23.3 Å². The van der Waals surface area contributed by atoms with E-state index in [1.807, 2.05) is 0 Å². The van der Waals surface area contributed by atoms with Crippen molar-refractivity contribution in [3.8, 4) is 0 Å². The van der Waals surface area contributed by atoms with Crippen LogP contribution in [0.3, 0.4) is 0 Å². The van der Waals surface area contributed by atoms with Gasteiger partial charge >= 0.3 is 11.7 Å². The SMILES string of the molecule is CCOC(=O)C/C(N)=N\Nc1ccc([N+](=O)[O-])cc1[N+](=O)[O-]. The molecule has 0 aliphatic heterocycles. The average molecular weight is 311 g/mol. The van der Waals surface area contributed by atoms with Crippen molar-refractivity contribution in [1.82, 2.24) is 0 Å². The molecule has 0 fully saturated rings. The van der Waals surface area contributed by atoms with Gasteiger partial charge in [-0.05, 0) is 13.0 Å². The van der Waals surface area contributed by atoms with E-state index in [-0.39, 0.29) is 24.6 Å². The molecule has 0 bridgehead atoms. The van der Waals surface area contributed by atoms with Crippen LogP contribution in [0.1, 0.15) is 13.3 Å². The molecule has 0 saturated carbocycles. The second kappa shape index (κ2) is 7.52. The number of benzene rings is 1. The minimum atomic E-state index is -0.799. The van der Waals surface area contributed by atoms with Gasteiger partial charge in [0.1, 0.15) is 17.9 Å². The lowest BCUT2D eigenvalue weighted by molar-refractivity contribution is -0.393. The summed E-state index contributed by atoms with van der Waals surface area (Å²) in [5, 5.41) is 25.1. The number of carbonyl (C=O) groups excluding carboxylic acids is 1. The minimum Gasteiger partial charge on any atom is -0.466 e. The minimum absolute atomic E-state index is 0.0950. The Balaban J connectivity index is 2.91. The van der Waals surface area contributed by atoms with Gasteiger partial charge in [0.25, 0.3) is 5.69 Å². The smallest absolute Gasteiger partial charge is 0.313 e. The van der Waals surface area contributed by atoms with Gasteiger partial charge in [0.05, 0.1) is 22.5 Å². The fourth-order valence-electron chi connectivity index (χ4n) is 1.41. The molecule has 1 aromatic rings. The van der Waals surface area contributed by atoms with Gasteiger partial charge in [-0.3, -0.25) is 30.4 Å². The van der Waals surface area contributed by atoms with Crippen LogP contribution in [0, 0.1) is 20.2 Å². The summed E-state index contributed by atoms with van der Waals surface area (Å²) in [6.07, 6.45) is -0.290. The molecule has 0 amide bonds. The summed E-state index contributed by atoms with van der Waals surface area (Å²) in [4.78, 5) is 31.1. The quantitative estimate of drug-likeness (QED) is 0.249. The van der Waals surface area contributed by atoms with Crippen LogP contribution < -0.4 is 11.2 Å². The fraction of sp³-hybridized carbons (Fsp3) is 0.273. The van der Waals surface area contributed by atoms with Crippen molar-refractivity contribution in [2.24, 2.45) is 10.8 Å². The van der Waals surface area contributed by atoms with E-state index in [1.54, 1.807) is 6.92 Å². The second-order valence-electron chi connectivity index (χ2n) is 3.91. The number of nitrogens with zero attached hydrogens (tertiary/aromatic N) is 3. The summed E-state index contributed by atoms with van der Waals surface area (Å²) in [7, 11) is 0. The number of nitrogens with one attached hydrogen (secondary N) is 1. The zero-order valence-corrected chi connectivity index (χ0v) is 11.5. The van der Waals surface area contributed by atoms with Gasteiger partial charge in [0, 0.05) is 6.07 Å². The second-order valence-corrected chi connectivity index (χ2v) is 3.91. The molecule has 11 heteroatoms. The number of hydrogen-bond acceptors (Lipinski definition) is 8. The van der Waals surface area contributed by atoms with Crippen LogP contribution in [-0.2, 0) is 9.53 Å². The molecule has 0 radical (unpaired) electrons. The molecular formula is C11H13N5O6. The molecule has 3 N–H and O–H groups in total. The molecule has 1 rings (SSSR count). The molecule has 0 unspecified atom stereocenters. The number of nitrogens with two attached hydrogens (primary N) is 1. The molecule has 22 heavy (non-hydrogen) atoms. The summed E-state index contributed by atoms with van der Waals surface area (Å²) in [5.41, 5.74) is 6.70. The Labute approximate surface area is 124 Å². The third-order valence-corrected chi connectivity index (χ3v) is 2.34. The summed E-state index contributed by atoms with van der Waals surface area (Å²) < 4.78 is 4.66. The van der Waals surface area contributed by atoms with Crippen molar-refractivity contribution in [2.45, 2.75) is 13.3 Å². The van der Waals surface area contributed by atoms with E-state index >= 15 is 0 Å². The number of ether oxygens (including phenoxy) is 1. The summed E-state index contributed by atoms with van der Waals surface area (Å²) >= 11 is 0. The third-order valence-electron chi connectivity index (χ3n) is 2.34. The standard InChI is InChI=1S/C11H13N5O6/c1-2-22-11(17)6-10(12)14-13-8-4-3-7(15(18)19)5-9(8)16(20)21/h3-5,13H,2,6H2,1H3,(H2,12,14). The number of amidine groups is 1. The third kappa shape index (κ3) is 4.70. The Hall–Kier alpha value is -3.24. The Bertz CT molecular complexity index is 629. The predicted octanol–water partition coefficient (Wildman–Crippen LogP) is 1.14. The fourth-order valence-corrected chi connectivity index (χ4v) is 1.41. The van der Waals surface area contributed by atoms with Crippen molar-refractivity contribution in [2.75, 3.05) is 12.0 Å². The van der Waals surface area contributed by atoms with E-state index in [4.69, 9.17) is 5.73 Å². The number of hydrazone groups is 1. The van der Waals surface area contributed by atoms with Crippen LogP contribution in [-0.4, -0.2) is 28.3 Å². The topological polar surface area (TPSA) is 163 Å². The molecule has 0 aromatic heterocycles. The highest BCUT2D eigenvalue weighted by Crippen LogP contribution is 2.28. The van der Waals surface area contributed by atoms with Crippen LogP contribution in [0.4, 0.5) is 17.1 Å². The Morgan fingerprint density at radius 1 is 1.36 bits per heavy atom. The van der Waals surface area contributed by atoms with Gasteiger partial charge in [0.2, 0.25) is 0 Å². The van der Waals surface area contributed by atoms with Crippen molar-refractivity contribution in [3.05, 3.63) is 38.4 Å². The highest BCUT2D eigenvalue weighted by atomic mass is 16.6. The molecular weight excluding hydrogens is 298 g/mol. The molecule has 1 aromatic carbocycles. The monoisotopic (exact) mass is 311 g/mol. The lowest BCUT2D eigenvalue weighted by atomic mass is 10.2. The molecule has 0 atom stereocenters. The van der Waals surface area contributed by atoms with Crippen LogP contribution in [0.25, 0.3) is 0 Å². The van der Waals surface area contributed by atoms with Crippen LogP contribution in [0.5, 0.6) is 0 Å².